The van der Waals surface area contributed by atoms with Crippen molar-refractivity contribution in [2.75, 3.05) is 0 Å². The first-order valence-electron chi connectivity index (χ1n) is 6.83. The molecule has 2 N–H and O–H groups in total. The van der Waals surface area contributed by atoms with Gasteiger partial charge in [-0.3, -0.25) is 9.59 Å². The molecule has 1 saturated carbocycles. The van der Waals surface area contributed by atoms with Crippen molar-refractivity contribution in [2.24, 2.45) is 23.7 Å². The summed E-state index contributed by atoms with van der Waals surface area (Å²) in [5.41, 5.74) is 0. The van der Waals surface area contributed by atoms with Gasteiger partial charge in [0.05, 0.1) is 24.1 Å². The highest BCUT2D eigenvalue weighted by Crippen LogP contribution is 2.48. The molecule has 5 nitrogen and oxygen atoms in total. The molecule has 2 aliphatic carbocycles. The average molecular weight is 275 g/mol. The molecule has 20 heavy (non-hydrogen) atoms. The minimum Gasteiger partial charge on any atom is -0.481 e. The summed E-state index contributed by atoms with van der Waals surface area (Å²) in [4.78, 5) is 23.8. The van der Waals surface area contributed by atoms with Gasteiger partial charge in [-0.05, 0) is 37.3 Å². The van der Waals surface area contributed by atoms with E-state index in [2.05, 4.69) is 5.32 Å². The molecule has 1 fully saturated rings. The number of amides is 1. The van der Waals surface area contributed by atoms with Crippen LogP contribution in [0.5, 0.6) is 0 Å². The lowest BCUT2D eigenvalue weighted by molar-refractivity contribution is -0.148. The van der Waals surface area contributed by atoms with Gasteiger partial charge in [-0.2, -0.15) is 0 Å². The first kappa shape index (κ1) is 13.0. The van der Waals surface area contributed by atoms with Gasteiger partial charge < -0.3 is 14.8 Å². The summed E-state index contributed by atoms with van der Waals surface area (Å²) in [5, 5.41) is 12.2. The molecular formula is C15H17NO4. The van der Waals surface area contributed by atoms with E-state index in [0.717, 1.165) is 6.42 Å². The van der Waals surface area contributed by atoms with Crippen molar-refractivity contribution in [3.8, 4) is 0 Å². The van der Waals surface area contributed by atoms with Crippen molar-refractivity contribution in [2.45, 2.75) is 19.4 Å². The van der Waals surface area contributed by atoms with Crippen molar-refractivity contribution in [3.05, 3.63) is 36.3 Å². The Labute approximate surface area is 116 Å². The fraction of sp³-hybridized carbons (Fsp3) is 0.467. The highest BCUT2D eigenvalue weighted by Gasteiger charge is 2.51. The molecule has 2 bridgehead atoms. The number of allylic oxidation sites excluding steroid dienone is 2. The average Bonchev–Trinajstić information content (AvgIpc) is 3.13. The van der Waals surface area contributed by atoms with Crippen LogP contribution < -0.4 is 5.32 Å². The molecule has 0 aliphatic heterocycles. The monoisotopic (exact) mass is 275 g/mol. The molecule has 3 unspecified atom stereocenters. The van der Waals surface area contributed by atoms with E-state index in [1.807, 2.05) is 19.1 Å². The van der Waals surface area contributed by atoms with Gasteiger partial charge in [0.15, 0.2) is 0 Å². The minimum absolute atomic E-state index is 0.00725. The number of carboxylic acids is 1. The third kappa shape index (κ3) is 2.03. The van der Waals surface area contributed by atoms with Crippen molar-refractivity contribution in [1.82, 2.24) is 5.32 Å². The summed E-state index contributed by atoms with van der Waals surface area (Å²) in [6, 6.07) is 3.30. The van der Waals surface area contributed by atoms with E-state index in [1.165, 1.54) is 0 Å². The van der Waals surface area contributed by atoms with Crippen LogP contribution in [-0.2, 0) is 9.59 Å². The number of nitrogens with one attached hydrogen (secondary N) is 1. The Morgan fingerprint density at radius 3 is 2.65 bits per heavy atom. The van der Waals surface area contributed by atoms with Gasteiger partial charge in [0, 0.05) is 0 Å². The molecular weight excluding hydrogens is 258 g/mol. The summed E-state index contributed by atoms with van der Waals surface area (Å²) in [6.07, 6.45) is 6.23. The van der Waals surface area contributed by atoms with Crippen LogP contribution in [0.3, 0.4) is 0 Å². The van der Waals surface area contributed by atoms with Gasteiger partial charge in [0.2, 0.25) is 5.91 Å². The summed E-state index contributed by atoms with van der Waals surface area (Å²) in [7, 11) is 0. The zero-order valence-corrected chi connectivity index (χ0v) is 11.2. The van der Waals surface area contributed by atoms with Gasteiger partial charge >= 0.3 is 5.97 Å². The Kier molecular flexibility index (Phi) is 3.12. The summed E-state index contributed by atoms with van der Waals surface area (Å²) >= 11 is 0. The molecule has 5 atom stereocenters. The minimum atomic E-state index is -0.882. The normalized spacial score (nSPS) is 32.2. The highest BCUT2D eigenvalue weighted by molar-refractivity contribution is 5.87. The van der Waals surface area contributed by atoms with Gasteiger partial charge in [-0.25, -0.2) is 0 Å². The van der Waals surface area contributed by atoms with E-state index in [-0.39, 0.29) is 23.8 Å². The van der Waals surface area contributed by atoms with E-state index >= 15 is 0 Å². The maximum atomic E-state index is 12.4. The third-order valence-corrected chi connectivity index (χ3v) is 4.38. The molecule has 1 aromatic heterocycles. The topological polar surface area (TPSA) is 79.5 Å². The quantitative estimate of drug-likeness (QED) is 0.823. The molecule has 0 aromatic carbocycles. The zero-order chi connectivity index (χ0) is 14.3. The fourth-order valence-corrected chi connectivity index (χ4v) is 3.43. The van der Waals surface area contributed by atoms with Gasteiger partial charge in [0.25, 0.3) is 0 Å². The lowest BCUT2D eigenvalue weighted by Crippen LogP contribution is -2.41. The van der Waals surface area contributed by atoms with Gasteiger partial charge in [0.1, 0.15) is 5.76 Å². The van der Waals surface area contributed by atoms with E-state index in [0.29, 0.717) is 5.76 Å². The predicted octanol–water partition coefficient (Wildman–Crippen LogP) is 1.98. The molecule has 1 aromatic rings. The number of hydrogen-bond acceptors (Lipinski definition) is 3. The highest BCUT2D eigenvalue weighted by atomic mass is 16.4. The number of rotatable bonds is 4. The maximum Gasteiger partial charge on any atom is 0.307 e. The fourth-order valence-electron chi connectivity index (χ4n) is 3.43. The summed E-state index contributed by atoms with van der Waals surface area (Å²) in [6.45, 7) is 1.83. The van der Waals surface area contributed by atoms with Crippen LogP contribution in [0.25, 0.3) is 0 Å². The zero-order valence-electron chi connectivity index (χ0n) is 11.2. The Morgan fingerprint density at radius 2 is 2.05 bits per heavy atom. The Balaban J connectivity index is 1.73. The molecule has 106 valence electrons. The number of hydrogen-bond donors (Lipinski definition) is 2. The van der Waals surface area contributed by atoms with Crippen LogP contribution in [0.4, 0.5) is 0 Å². The van der Waals surface area contributed by atoms with Crippen molar-refractivity contribution in [3.63, 3.8) is 0 Å². The summed E-state index contributed by atoms with van der Waals surface area (Å²) < 4.78 is 5.25. The largest absolute Gasteiger partial charge is 0.481 e. The lowest BCUT2D eigenvalue weighted by Gasteiger charge is -2.25. The van der Waals surface area contributed by atoms with Gasteiger partial charge in [-0.15, -0.1) is 0 Å². The Bertz CT molecular complexity index is 548. The molecule has 1 heterocycles. The first-order valence-corrected chi connectivity index (χ1v) is 6.83. The first-order chi connectivity index (χ1) is 9.58. The number of carboxylic acid groups (broad SMARTS) is 1. The number of carbonyl (C=O) groups excluding carboxylic acids is 1. The van der Waals surface area contributed by atoms with Crippen molar-refractivity contribution in [1.29, 1.82) is 0 Å². The standard InChI is InChI=1S/C15H17NO4/c1-8(11-3-2-6-20-11)16-14(17)12-9-4-5-10(7-9)13(12)15(18)19/h2-6,8-10,12-13H,7H2,1H3,(H,16,17)(H,18,19)/t8?,9?,10?,12-,13+/m0/s1. The number of furan rings is 1. The van der Waals surface area contributed by atoms with Crippen LogP contribution in [0.1, 0.15) is 25.1 Å². The van der Waals surface area contributed by atoms with Crippen molar-refractivity contribution < 1.29 is 19.1 Å². The second-order valence-corrected chi connectivity index (χ2v) is 5.58. The maximum absolute atomic E-state index is 12.4. The Morgan fingerprint density at radius 1 is 1.35 bits per heavy atom. The molecule has 3 rings (SSSR count). The number of carbonyl (C=O) groups is 2. The van der Waals surface area contributed by atoms with Crippen LogP contribution in [-0.4, -0.2) is 17.0 Å². The molecule has 1 amide bonds. The molecule has 5 heteroatoms. The lowest BCUT2D eigenvalue weighted by atomic mass is 9.82. The van der Waals surface area contributed by atoms with Crippen LogP contribution in [0.15, 0.2) is 35.0 Å². The van der Waals surface area contributed by atoms with Crippen LogP contribution in [0, 0.1) is 23.7 Å². The molecule has 2 aliphatic rings. The van der Waals surface area contributed by atoms with Gasteiger partial charge in [-0.1, -0.05) is 12.2 Å². The van der Waals surface area contributed by atoms with E-state index in [1.54, 1.807) is 18.4 Å². The SMILES string of the molecule is CC(NC(=O)[C@H]1C2C=CC(C2)[C@H]1C(=O)O)c1ccco1. The third-order valence-electron chi connectivity index (χ3n) is 4.38. The van der Waals surface area contributed by atoms with E-state index < -0.39 is 17.8 Å². The summed E-state index contributed by atoms with van der Waals surface area (Å²) in [5.74, 6) is -1.44. The van der Waals surface area contributed by atoms with Crippen LogP contribution >= 0.6 is 0 Å². The Hall–Kier alpha value is -2.04. The molecule has 0 radical (unpaired) electrons. The predicted molar refractivity (Wildman–Crippen MR) is 70.6 cm³/mol. The molecule has 0 saturated heterocycles. The number of aliphatic carboxylic acids is 1. The second kappa shape index (κ2) is 4.81. The van der Waals surface area contributed by atoms with E-state index in [9.17, 15) is 14.7 Å². The van der Waals surface area contributed by atoms with Crippen LogP contribution in [0.2, 0.25) is 0 Å². The molecule has 0 spiro atoms. The second-order valence-electron chi connectivity index (χ2n) is 5.58. The van der Waals surface area contributed by atoms with Crippen molar-refractivity contribution >= 4 is 11.9 Å². The smallest absolute Gasteiger partial charge is 0.307 e. The number of fused-ring (bicyclic) bond motifs is 2. The van der Waals surface area contributed by atoms with E-state index in [4.69, 9.17) is 4.42 Å².